The molecule has 4 aromatic rings. The summed E-state index contributed by atoms with van der Waals surface area (Å²) in [6.45, 7) is 2.09. The first-order valence-electron chi connectivity index (χ1n) is 8.03. The summed E-state index contributed by atoms with van der Waals surface area (Å²) in [5.41, 5.74) is 7.03. The maximum absolute atomic E-state index is 9.39. The van der Waals surface area contributed by atoms with Gasteiger partial charge in [-0.05, 0) is 41.1 Å². The van der Waals surface area contributed by atoms with E-state index >= 15 is 0 Å². The van der Waals surface area contributed by atoms with Crippen molar-refractivity contribution < 1.29 is 5.11 Å². The van der Waals surface area contributed by atoms with Crippen LogP contribution < -0.4 is 5.43 Å². The maximum Gasteiger partial charge on any atom is 0.167 e. The van der Waals surface area contributed by atoms with Crippen LogP contribution in [0.25, 0.3) is 20.7 Å². The van der Waals surface area contributed by atoms with Crippen molar-refractivity contribution in [3.63, 3.8) is 0 Å². The highest BCUT2D eigenvalue weighted by molar-refractivity contribution is 7.23. The molecule has 0 spiro atoms. The number of anilines is 1. The number of nitrogens with one attached hydrogen (secondary N) is 1. The minimum absolute atomic E-state index is 0.0296. The Morgan fingerprint density at radius 1 is 1.23 bits per heavy atom. The van der Waals surface area contributed by atoms with Crippen molar-refractivity contribution >= 4 is 44.9 Å². The lowest BCUT2D eigenvalue weighted by Crippen LogP contribution is -1.93. The second kappa shape index (κ2) is 7.33. The molecule has 0 atom stereocenters. The fourth-order valence-corrected chi connectivity index (χ4v) is 4.49. The van der Waals surface area contributed by atoms with Crippen molar-refractivity contribution in [1.82, 2.24) is 9.97 Å². The van der Waals surface area contributed by atoms with Crippen molar-refractivity contribution in [2.75, 3.05) is 5.43 Å². The molecule has 0 amide bonds. The Balaban J connectivity index is 1.72. The fraction of sp³-hybridized carbons (Fsp3) is 0.105. The van der Waals surface area contributed by atoms with Gasteiger partial charge < -0.3 is 5.11 Å². The van der Waals surface area contributed by atoms with Gasteiger partial charge in [-0.2, -0.15) is 5.10 Å². The lowest BCUT2D eigenvalue weighted by molar-refractivity contribution is 0.282. The molecule has 5 nitrogen and oxygen atoms in total. The van der Waals surface area contributed by atoms with Crippen LogP contribution in [0.4, 0.5) is 5.82 Å². The van der Waals surface area contributed by atoms with E-state index in [4.69, 9.17) is 0 Å². The minimum Gasteiger partial charge on any atom is -0.392 e. The number of fused-ring (bicyclic) bond motifs is 1. The number of aryl methyl sites for hydroxylation is 1. The normalized spacial score (nSPS) is 11.5. The molecule has 130 valence electrons. The van der Waals surface area contributed by atoms with E-state index in [1.165, 1.54) is 0 Å². The molecule has 0 fully saturated rings. The van der Waals surface area contributed by atoms with Gasteiger partial charge >= 0.3 is 0 Å². The van der Waals surface area contributed by atoms with Gasteiger partial charge in [-0.25, -0.2) is 9.97 Å². The van der Waals surface area contributed by atoms with E-state index in [9.17, 15) is 5.11 Å². The molecule has 1 aromatic carbocycles. The van der Waals surface area contributed by atoms with Crippen LogP contribution in [0, 0.1) is 6.92 Å². The molecule has 2 N–H and O–H groups in total. The van der Waals surface area contributed by atoms with Crippen molar-refractivity contribution in [2.24, 2.45) is 5.10 Å². The molecular weight excluding hydrogens is 364 g/mol. The Morgan fingerprint density at radius 3 is 2.96 bits per heavy atom. The summed E-state index contributed by atoms with van der Waals surface area (Å²) in [5, 5.41) is 15.7. The average molecular weight is 380 g/mol. The Kier molecular flexibility index (Phi) is 4.75. The van der Waals surface area contributed by atoms with Gasteiger partial charge in [0.25, 0.3) is 0 Å². The van der Waals surface area contributed by atoms with Crippen molar-refractivity contribution in [2.45, 2.75) is 13.5 Å². The van der Waals surface area contributed by atoms with Crippen LogP contribution in [-0.4, -0.2) is 21.3 Å². The number of benzene rings is 1. The number of aliphatic hydroxyl groups is 1. The molecular formula is C19H16N4OS2. The molecule has 0 aliphatic heterocycles. The summed E-state index contributed by atoms with van der Waals surface area (Å²) in [6, 6.07) is 11.9. The van der Waals surface area contributed by atoms with E-state index in [0.29, 0.717) is 5.82 Å². The first-order valence-corrected chi connectivity index (χ1v) is 9.72. The molecule has 7 heteroatoms. The summed E-state index contributed by atoms with van der Waals surface area (Å²) in [7, 11) is 0. The number of aliphatic hydroxyl groups excluding tert-OH is 1. The Hall–Kier alpha value is -2.61. The predicted molar refractivity (Wildman–Crippen MR) is 109 cm³/mol. The van der Waals surface area contributed by atoms with Gasteiger partial charge in [-0.15, -0.1) is 22.7 Å². The zero-order chi connectivity index (χ0) is 17.9. The molecule has 0 radical (unpaired) electrons. The minimum atomic E-state index is 0.0296. The summed E-state index contributed by atoms with van der Waals surface area (Å²) in [4.78, 5) is 11.0. The first kappa shape index (κ1) is 16.8. The molecule has 0 unspecified atom stereocenters. The van der Waals surface area contributed by atoms with Gasteiger partial charge in [0.15, 0.2) is 5.82 Å². The summed E-state index contributed by atoms with van der Waals surface area (Å²) < 4.78 is 0.970. The number of aromatic nitrogens is 2. The van der Waals surface area contributed by atoms with Crippen LogP contribution in [0.5, 0.6) is 0 Å². The van der Waals surface area contributed by atoms with Crippen LogP contribution in [0.3, 0.4) is 0 Å². The molecule has 0 aliphatic carbocycles. The number of hydrogen-bond acceptors (Lipinski definition) is 7. The first-order chi connectivity index (χ1) is 12.8. The van der Waals surface area contributed by atoms with Crippen LogP contribution in [0.2, 0.25) is 0 Å². The quantitative estimate of drug-likeness (QED) is 0.390. The van der Waals surface area contributed by atoms with Crippen LogP contribution in [0.15, 0.2) is 53.2 Å². The van der Waals surface area contributed by atoms with Crippen molar-refractivity contribution in [3.8, 4) is 10.4 Å². The third-order valence-electron chi connectivity index (χ3n) is 3.98. The molecule has 0 saturated heterocycles. The van der Waals surface area contributed by atoms with Gasteiger partial charge in [0.2, 0.25) is 0 Å². The zero-order valence-corrected chi connectivity index (χ0v) is 15.6. The molecule has 3 aromatic heterocycles. The molecule has 3 heterocycles. The summed E-state index contributed by atoms with van der Waals surface area (Å²) in [6.07, 6.45) is 3.34. The molecule has 0 bridgehead atoms. The maximum atomic E-state index is 9.39. The number of thiophene rings is 2. The third-order valence-corrected chi connectivity index (χ3v) is 6.12. The third kappa shape index (κ3) is 3.24. The lowest BCUT2D eigenvalue weighted by atomic mass is 10.1. The Labute approximate surface area is 158 Å². The van der Waals surface area contributed by atoms with Gasteiger partial charge in [-0.1, -0.05) is 24.3 Å². The highest BCUT2D eigenvalue weighted by Gasteiger charge is 2.15. The predicted octanol–water partition coefficient (Wildman–Crippen LogP) is 4.67. The molecule has 4 rings (SSSR count). The van der Waals surface area contributed by atoms with E-state index in [1.54, 1.807) is 35.2 Å². The van der Waals surface area contributed by atoms with Gasteiger partial charge in [0.05, 0.1) is 23.0 Å². The Bertz CT molecular complexity index is 1070. The number of rotatable bonds is 5. The van der Waals surface area contributed by atoms with Crippen LogP contribution in [-0.2, 0) is 6.61 Å². The van der Waals surface area contributed by atoms with Gasteiger partial charge in [0.1, 0.15) is 6.33 Å². The van der Waals surface area contributed by atoms with E-state index < -0.39 is 0 Å². The van der Waals surface area contributed by atoms with Crippen molar-refractivity contribution in [3.05, 3.63) is 64.1 Å². The second-order valence-electron chi connectivity index (χ2n) is 5.70. The monoisotopic (exact) mass is 380 g/mol. The molecule has 0 saturated carbocycles. The lowest BCUT2D eigenvalue weighted by Gasteiger charge is -2.02. The highest BCUT2D eigenvalue weighted by Crippen LogP contribution is 2.39. The number of hydrazone groups is 1. The summed E-state index contributed by atoms with van der Waals surface area (Å²) >= 11 is 3.26. The van der Waals surface area contributed by atoms with Gasteiger partial charge in [0, 0.05) is 9.75 Å². The smallest absolute Gasteiger partial charge is 0.167 e. The molecule has 26 heavy (non-hydrogen) atoms. The average Bonchev–Trinajstić information content (AvgIpc) is 3.31. The van der Waals surface area contributed by atoms with E-state index in [-0.39, 0.29) is 6.61 Å². The largest absolute Gasteiger partial charge is 0.392 e. The van der Waals surface area contributed by atoms with E-state index in [0.717, 1.165) is 36.7 Å². The van der Waals surface area contributed by atoms with Gasteiger partial charge in [-0.3, -0.25) is 5.43 Å². The SMILES string of the molecule is Cc1c(-c2cccc(CO)c2)sc2c(N/N=C/c3cccs3)ncnc12. The van der Waals surface area contributed by atoms with E-state index in [1.807, 2.05) is 41.8 Å². The standard InChI is InChI=1S/C19H16N4OS2/c1-12-16-18(26-17(12)14-5-2-4-13(8-14)10-24)19(21-11-20-16)23-22-9-15-6-3-7-25-15/h2-9,11,24H,10H2,1H3,(H,20,21,23)/b22-9+. The topological polar surface area (TPSA) is 70.4 Å². The highest BCUT2D eigenvalue weighted by atomic mass is 32.1. The van der Waals surface area contributed by atoms with E-state index in [2.05, 4.69) is 27.4 Å². The van der Waals surface area contributed by atoms with Crippen LogP contribution in [0.1, 0.15) is 16.0 Å². The van der Waals surface area contributed by atoms with Crippen LogP contribution >= 0.6 is 22.7 Å². The summed E-state index contributed by atoms with van der Waals surface area (Å²) in [5.74, 6) is 0.695. The molecule has 0 aliphatic rings. The number of hydrogen-bond donors (Lipinski definition) is 2. The fourth-order valence-electron chi connectivity index (χ4n) is 2.71. The Morgan fingerprint density at radius 2 is 2.15 bits per heavy atom. The number of nitrogens with zero attached hydrogens (tertiary/aromatic N) is 3. The second-order valence-corrected chi connectivity index (χ2v) is 7.70. The zero-order valence-electron chi connectivity index (χ0n) is 14.0. The van der Waals surface area contributed by atoms with Crippen molar-refractivity contribution in [1.29, 1.82) is 0 Å².